The zero-order chi connectivity index (χ0) is 24.9. The maximum atomic E-state index is 12.8. The number of benzene rings is 2. The molecular weight excluding hydrogens is 480 g/mol. The molecule has 2 aromatic heterocycles. The number of amides is 1. The summed E-state index contributed by atoms with van der Waals surface area (Å²) in [5.74, 6) is 0.803. The van der Waals surface area contributed by atoms with Gasteiger partial charge in [0.2, 0.25) is 17.0 Å². The summed E-state index contributed by atoms with van der Waals surface area (Å²) >= 11 is 1.49. The van der Waals surface area contributed by atoms with Gasteiger partial charge in [-0.1, -0.05) is 23.5 Å². The van der Waals surface area contributed by atoms with Crippen molar-refractivity contribution in [3.05, 3.63) is 48.0 Å². The minimum atomic E-state index is -0.178. The maximum Gasteiger partial charge on any atom is 0.255 e. The second-order valence-electron chi connectivity index (χ2n) is 8.27. The van der Waals surface area contributed by atoms with Crippen molar-refractivity contribution in [1.29, 1.82) is 0 Å². The number of nitrogens with one attached hydrogen (secondary N) is 2. The van der Waals surface area contributed by atoms with Gasteiger partial charge in [-0.3, -0.25) is 9.69 Å². The van der Waals surface area contributed by atoms with Crippen LogP contribution in [0.3, 0.4) is 0 Å². The Balaban J connectivity index is 1.26. The highest BCUT2D eigenvalue weighted by Gasteiger charge is 2.17. The minimum Gasteiger partial charge on any atom is -0.496 e. The van der Waals surface area contributed by atoms with E-state index in [-0.39, 0.29) is 11.9 Å². The Morgan fingerprint density at radius 3 is 2.83 bits per heavy atom. The van der Waals surface area contributed by atoms with E-state index in [0.29, 0.717) is 34.6 Å². The standard InChI is InChI=1S/C24H28N8O3S/c1-34-19-15-16(7-8-17(19)21(33)26-9-4-10-31-11-13-35-14-12-31)27-23-29-22(25)30-32(23)24-28-18-5-2-3-6-20(18)36-24/h2-3,5-8,15H,4,9-14H2,1H3,(H,26,33)(H3,25,27,29,30). The molecule has 12 heteroatoms. The highest BCUT2D eigenvalue weighted by atomic mass is 32.1. The Kier molecular flexibility index (Phi) is 7.26. The van der Waals surface area contributed by atoms with Gasteiger partial charge in [-0.2, -0.15) is 9.67 Å². The Morgan fingerprint density at radius 1 is 1.19 bits per heavy atom. The van der Waals surface area contributed by atoms with Gasteiger partial charge in [0.15, 0.2) is 0 Å². The number of nitrogens with zero attached hydrogens (tertiary/aromatic N) is 5. The number of nitrogens with two attached hydrogens (primary N) is 1. The third-order valence-corrected chi connectivity index (χ3v) is 6.84. The quantitative estimate of drug-likeness (QED) is 0.292. The number of ether oxygens (including phenoxy) is 2. The third kappa shape index (κ3) is 5.40. The molecule has 0 bridgehead atoms. The molecule has 0 unspecified atom stereocenters. The normalized spacial score (nSPS) is 14.1. The van der Waals surface area contributed by atoms with Crippen molar-refractivity contribution >= 4 is 45.0 Å². The van der Waals surface area contributed by atoms with Crippen molar-refractivity contribution in [2.75, 3.05) is 57.6 Å². The fourth-order valence-electron chi connectivity index (χ4n) is 4.00. The van der Waals surface area contributed by atoms with Gasteiger partial charge >= 0.3 is 0 Å². The largest absolute Gasteiger partial charge is 0.496 e. The molecule has 0 aliphatic carbocycles. The van der Waals surface area contributed by atoms with E-state index in [9.17, 15) is 4.79 Å². The summed E-state index contributed by atoms with van der Waals surface area (Å²) < 4.78 is 13.5. The number of hydrogen-bond donors (Lipinski definition) is 3. The lowest BCUT2D eigenvalue weighted by atomic mass is 10.1. The summed E-state index contributed by atoms with van der Waals surface area (Å²) in [7, 11) is 1.54. The molecule has 11 nitrogen and oxygen atoms in total. The molecule has 1 amide bonds. The Bertz CT molecular complexity index is 1320. The molecule has 2 aromatic carbocycles. The molecule has 1 aliphatic heterocycles. The summed E-state index contributed by atoms with van der Waals surface area (Å²) in [6, 6.07) is 13.1. The highest BCUT2D eigenvalue weighted by Crippen LogP contribution is 2.29. The van der Waals surface area contributed by atoms with Crippen LogP contribution in [-0.4, -0.2) is 77.1 Å². The van der Waals surface area contributed by atoms with Gasteiger partial charge < -0.3 is 25.8 Å². The predicted molar refractivity (Wildman–Crippen MR) is 139 cm³/mol. The SMILES string of the molecule is COc1cc(Nc2nc(N)nn2-c2nc3ccccc3s2)ccc1C(=O)NCCCN1CCOCC1. The number of thiazole rings is 1. The van der Waals surface area contributed by atoms with Gasteiger partial charge in [-0.15, -0.1) is 5.10 Å². The van der Waals surface area contributed by atoms with E-state index in [1.54, 1.807) is 22.9 Å². The number of nitrogen functional groups attached to an aromatic ring is 1. The van der Waals surface area contributed by atoms with Crippen LogP contribution in [0.4, 0.5) is 17.6 Å². The number of methoxy groups -OCH3 is 1. The zero-order valence-corrected chi connectivity index (χ0v) is 20.8. The van der Waals surface area contributed by atoms with Crippen LogP contribution in [0.1, 0.15) is 16.8 Å². The number of carbonyl (C=O) groups excluding carboxylic acids is 1. The van der Waals surface area contributed by atoms with Gasteiger partial charge in [-0.25, -0.2) is 4.98 Å². The number of anilines is 3. The maximum absolute atomic E-state index is 12.8. The number of aromatic nitrogens is 4. The van der Waals surface area contributed by atoms with Gasteiger partial charge in [0, 0.05) is 31.4 Å². The van der Waals surface area contributed by atoms with Crippen LogP contribution in [0.2, 0.25) is 0 Å². The fraction of sp³-hybridized carbons (Fsp3) is 0.333. The van der Waals surface area contributed by atoms with E-state index in [4.69, 9.17) is 15.2 Å². The van der Waals surface area contributed by atoms with E-state index < -0.39 is 0 Å². The molecule has 1 fully saturated rings. The molecule has 4 N–H and O–H groups in total. The Labute approximate surface area is 212 Å². The van der Waals surface area contributed by atoms with Crippen LogP contribution in [0.15, 0.2) is 42.5 Å². The molecule has 5 rings (SSSR count). The molecule has 0 spiro atoms. The van der Waals surface area contributed by atoms with Crippen LogP contribution in [0.5, 0.6) is 5.75 Å². The lowest BCUT2D eigenvalue weighted by molar-refractivity contribution is 0.0374. The number of hydrogen-bond acceptors (Lipinski definition) is 10. The smallest absolute Gasteiger partial charge is 0.255 e. The fourth-order valence-corrected chi connectivity index (χ4v) is 4.92. The lowest BCUT2D eigenvalue weighted by Gasteiger charge is -2.26. The first-order valence-electron chi connectivity index (χ1n) is 11.7. The van der Waals surface area contributed by atoms with Crippen LogP contribution in [0, 0.1) is 0 Å². The number of para-hydroxylation sites is 1. The highest BCUT2D eigenvalue weighted by molar-refractivity contribution is 7.20. The second-order valence-corrected chi connectivity index (χ2v) is 9.28. The first-order chi connectivity index (χ1) is 17.6. The zero-order valence-electron chi connectivity index (χ0n) is 19.9. The van der Waals surface area contributed by atoms with Gasteiger partial charge in [-0.05, 0) is 37.2 Å². The van der Waals surface area contributed by atoms with Crippen molar-refractivity contribution in [3.8, 4) is 10.9 Å². The van der Waals surface area contributed by atoms with Crippen LogP contribution >= 0.6 is 11.3 Å². The molecule has 36 heavy (non-hydrogen) atoms. The van der Waals surface area contributed by atoms with Crippen LogP contribution in [-0.2, 0) is 4.74 Å². The molecular formula is C24H28N8O3S. The summed E-state index contributed by atoms with van der Waals surface area (Å²) in [4.78, 5) is 24.1. The van der Waals surface area contributed by atoms with Gasteiger partial charge in [0.1, 0.15) is 5.75 Å². The number of fused-ring (bicyclic) bond motifs is 1. The molecule has 0 radical (unpaired) electrons. The molecule has 3 heterocycles. The van der Waals surface area contributed by atoms with Gasteiger partial charge in [0.25, 0.3) is 5.91 Å². The third-order valence-electron chi connectivity index (χ3n) is 5.83. The summed E-state index contributed by atoms with van der Waals surface area (Å²) in [5.41, 5.74) is 7.90. The predicted octanol–water partition coefficient (Wildman–Crippen LogP) is 2.66. The number of rotatable bonds is 9. The Hall–Kier alpha value is -3.74. The number of morpholine rings is 1. The first-order valence-corrected chi connectivity index (χ1v) is 12.5. The number of carbonyl (C=O) groups is 1. The minimum absolute atomic E-state index is 0.122. The summed E-state index contributed by atoms with van der Waals surface area (Å²) in [6.07, 6.45) is 0.872. The Morgan fingerprint density at radius 2 is 2.03 bits per heavy atom. The van der Waals surface area contributed by atoms with E-state index in [2.05, 4.69) is 30.6 Å². The monoisotopic (exact) mass is 508 g/mol. The van der Waals surface area contributed by atoms with Crippen molar-refractivity contribution in [3.63, 3.8) is 0 Å². The second kappa shape index (κ2) is 10.9. The molecule has 0 saturated carbocycles. The molecule has 1 aliphatic rings. The molecule has 1 saturated heterocycles. The van der Waals surface area contributed by atoms with E-state index in [1.807, 2.05) is 24.3 Å². The van der Waals surface area contributed by atoms with Crippen LogP contribution < -0.4 is 21.1 Å². The first kappa shape index (κ1) is 24.0. The van der Waals surface area contributed by atoms with Crippen molar-refractivity contribution in [2.24, 2.45) is 0 Å². The topological polar surface area (TPSA) is 132 Å². The van der Waals surface area contributed by atoms with Crippen molar-refractivity contribution in [2.45, 2.75) is 6.42 Å². The van der Waals surface area contributed by atoms with Crippen molar-refractivity contribution < 1.29 is 14.3 Å². The van der Waals surface area contributed by atoms with Crippen LogP contribution in [0.25, 0.3) is 15.3 Å². The lowest BCUT2D eigenvalue weighted by Crippen LogP contribution is -2.38. The van der Waals surface area contributed by atoms with E-state index >= 15 is 0 Å². The molecule has 0 atom stereocenters. The van der Waals surface area contributed by atoms with Crippen molar-refractivity contribution in [1.82, 2.24) is 30.0 Å². The average Bonchev–Trinajstić information content (AvgIpc) is 3.49. The molecule has 188 valence electrons. The molecule has 4 aromatic rings. The van der Waals surface area contributed by atoms with E-state index in [1.165, 1.54) is 18.4 Å². The summed E-state index contributed by atoms with van der Waals surface area (Å²) in [5, 5.41) is 11.1. The van der Waals surface area contributed by atoms with E-state index in [0.717, 1.165) is 49.5 Å². The summed E-state index contributed by atoms with van der Waals surface area (Å²) in [6.45, 7) is 4.94. The average molecular weight is 509 g/mol. The van der Waals surface area contributed by atoms with Gasteiger partial charge in [0.05, 0.1) is 36.1 Å².